The van der Waals surface area contributed by atoms with Crippen molar-refractivity contribution < 1.29 is 22.4 Å². The van der Waals surface area contributed by atoms with Crippen molar-refractivity contribution in [1.29, 1.82) is 0 Å². The molecule has 0 heterocycles. The minimum absolute atomic E-state index is 0.00336. The normalized spacial score (nSPS) is 12.0. The van der Waals surface area contributed by atoms with E-state index in [1.54, 1.807) is 50.2 Å². The van der Waals surface area contributed by atoms with Gasteiger partial charge in [0.05, 0.1) is 10.6 Å². The van der Waals surface area contributed by atoms with Gasteiger partial charge in [0.15, 0.2) is 0 Å². The molecular weight excluding hydrogens is 517 g/mol. The minimum Gasteiger partial charge on any atom is -0.355 e. The zero-order chi connectivity index (χ0) is 27.0. The number of nitrogens with one attached hydrogen (secondary N) is 1. The van der Waals surface area contributed by atoms with E-state index >= 15 is 0 Å². The second-order valence-corrected chi connectivity index (χ2v) is 10.6. The molecule has 0 aliphatic rings. The Bertz CT molecular complexity index is 1320. The van der Waals surface area contributed by atoms with Gasteiger partial charge < -0.3 is 10.2 Å². The Morgan fingerprint density at radius 3 is 2.24 bits per heavy atom. The summed E-state index contributed by atoms with van der Waals surface area (Å²) in [5.41, 5.74) is 0.801. The molecular formula is C27H29ClFN3O4S. The maximum atomic E-state index is 13.8. The van der Waals surface area contributed by atoms with Crippen LogP contribution in [0.1, 0.15) is 25.8 Å². The minimum atomic E-state index is -4.16. The average Bonchev–Trinajstić information content (AvgIpc) is 2.88. The van der Waals surface area contributed by atoms with Crippen LogP contribution in [0.25, 0.3) is 0 Å². The number of halogens is 2. The van der Waals surface area contributed by atoms with Crippen molar-refractivity contribution in [3.05, 3.63) is 95.3 Å². The zero-order valence-corrected chi connectivity index (χ0v) is 22.2. The zero-order valence-electron chi connectivity index (χ0n) is 20.6. The number of carbonyl (C=O) groups is 2. The molecule has 196 valence electrons. The number of likely N-dealkylation sites (N-methyl/N-ethyl adjacent to an activating group) is 1. The second kappa shape index (κ2) is 12.7. The number of hydrogen-bond donors (Lipinski definition) is 1. The van der Waals surface area contributed by atoms with E-state index in [9.17, 15) is 22.4 Å². The third kappa shape index (κ3) is 7.08. The molecule has 2 amide bonds. The lowest BCUT2D eigenvalue weighted by atomic mass is 10.1. The summed E-state index contributed by atoms with van der Waals surface area (Å²) in [6, 6.07) is 18.7. The van der Waals surface area contributed by atoms with Gasteiger partial charge in [-0.1, -0.05) is 54.9 Å². The van der Waals surface area contributed by atoms with Crippen molar-refractivity contribution in [1.82, 2.24) is 10.2 Å². The summed E-state index contributed by atoms with van der Waals surface area (Å²) >= 11 is 6.15. The molecule has 0 spiro atoms. The van der Waals surface area contributed by atoms with Crippen LogP contribution in [0.5, 0.6) is 0 Å². The Morgan fingerprint density at radius 1 is 0.973 bits per heavy atom. The van der Waals surface area contributed by atoms with Crippen LogP contribution in [-0.4, -0.2) is 44.3 Å². The number of amides is 2. The predicted molar refractivity (Wildman–Crippen MR) is 142 cm³/mol. The van der Waals surface area contributed by atoms with Crippen molar-refractivity contribution in [2.75, 3.05) is 17.4 Å². The van der Waals surface area contributed by atoms with E-state index in [1.807, 2.05) is 0 Å². The Balaban J connectivity index is 2.04. The van der Waals surface area contributed by atoms with Gasteiger partial charge in [-0.25, -0.2) is 12.8 Å². The molecule has 0 aromatic heterocycles. The molecule has 1 unspecified atom stereocenters. The van der Waals surface area contributed by atoms with Crippen LogP contribution in [0.3, 0.4) is 0 Å². The van der Waals surface area contributed by atoms with Crippen LogP contribution < -0.4 is 9.62 Å². The summed E-state index contributed by atoms with van der Waals surface area (Å²) in [6.45, 7) is 3.31. The summed E-state index contributed by atoms with van der Waals surface area (Å²) in [5, 5.41) is 3.03. The second-order valence-electron chi connectivity index (χ2n) is 8.27. The van der Waals surface area contributed by atoms with Crippen molar-refractivity contribution >= 4 is 39.1 Å². The third-order valence-corrected chi connectivity index (χ3v) is 7.73. The highest BCUT2D eigenvalue weighted by Gasteiger charge is 2.33. The first-order valence-corrected chi connectivity index (χ1v) is 13.6. The molecule has 3 aromatic carbocycles. The fourth-order valence-corrected chi connectivity index (χ4v) is 5.49. The van der Waals surface area contributed by atoms with Crippen molar-refractivity contribution in [2.45, 2.75) is 37.8 Å². The van der Waals surface area contributed by atoms with E-state index in [4.69, 9.17) is 11.6 Å². The Hall–Kier alpha value is -3.43. The van der Waals surface area contributed by atoms with Gasteiger partial charge in [-0.15, -0.1) is 0 Å². The number of carbonyl (C=O) groups excluding carboxylic acids is 2. The Labute approximate surface area is 221 Å². The summed E-state index contributed by atoms with van der Waals surface area (Å²) in [4.78, 5) is 28.0. The summed E-state index contributed by atoms with van der Waals surface area (Å²) in [7, 11) is -4.16. The van der Waals surface area contributed by atoms with Crippen molar-refractivity contribution in [3.63, 3.8) is 0 Å². The number of hydrogen-bond acceptors (Lipinski definition) is 4. The van der Waals surface area contributed by atoms with E-state index in [2.05, 4.69) is 5.32 Å². The molecule has 0 fully saturated rings. The fraction of sp³-hybridized carbons (Fsp3) is 0.259. The van der Waals surface area contributed by atoms with Crippen LogP contribution in [0.15, 0.2) is 83.8 Å². The lowest BCUT2D eigenvalue weighted by molar-refractivity contribution is -0.140. The van der Waals surface area contributed by atoms with Crippen LogP contribution in [0, 0.1) is 5.82 Å². The first kappa shape index (κ1) is 28.1. The predicted octanol–water partition coefficient (Wildman–Crippen LogP) is 4.62. The number of anilines is 1. The summed E-state index contributed by atoms with van der Waals surface area (Å²) in [6.07, 6.45) is 0.293. The maximum absolute atomic E-state index is 13.8. The molecule has 37 heavy (non-hydrogen) atoms. The van der Waals surface area contributed by atoms with Gasteiger partial charge in [-0.3, -0.25) is 13.9 Å². The summed E-state index contributed by atoms with van der Waals surface area (Å²) < 4.78 is 41.8. The lowest BCUT2D eigenvalue weighted by Crippen LogP contribution is -2.52. The number of benzene rings is 3. The molecule has 1 N–H and O–H groups in total. The third-order valence-electron chi connectivity index (χ3n) is 5.71. The van der Waals surface area contributed by atoms with Gasteiger partial charge in [0.1, 0.15) is 18.4 Å². The largest absolute Gasteiger partial charge is 0.355 e. The highest BCUT2D eigenvalue weighted by Crippen LogP contribution is 2.27. The SMILES string of the molecule is CCNC(=O)C(CC)N(Cc1ccc(F)cc1)C(=O)CN(c1cccc(Cl)c1)S(=O)(=O)c1ccccc1. The van der Waals surface area contributed by atoms with Crippen molar-refractivity contribution in [2.24, 2.45) is 0 Å². The fourth-order valence-electron chi connectivity index (χ4n) is 3.88. The van der Waals surface area contributed by atoms with Crippen LogP contribution in [-0.2, 0) is 26.2 Å². The number of sulfonamides is 1. The van der Waals surface area contributed by atoms with E-state index in [0.29, 0.717) is 23.6 Å². The maximum Gasteiger partial charge on any atom is 0.264 e. The van der Waals surface area contributed by atoms with E-state index in [0.717, 1.165) is 4.31 Å². The molecule has 0 aliphatic heterocycles. The number of nitrogens with zero attached hydrogens (tertiary/aromatic N) is 2. The van der Waals surface area contributed by atoms with E-state index in [-0.39, 0.29) is 23.0 Å². The molecule has 0 bridgehead atoms. The first-order chi connectivity index (χ1) is 17.7. The highest BCUT2D eigenvalue weighted by molar-refractivity contribution is 7.92. The van der Waals surface area contributed by atoms with Gasteiger partial charge in [0.2, 0.25) is 11.8 Å². The average molecular weight is 546 g/mol. The van der Waals surface area contributed by atoms with Crippen LogP contribution in [0.4, 0.5) is 10.1 Å². The van der Waals surface area contributed by atoms with Gasteiger partial charge in [-0.05, 0) is 61.4 Å². The monoisotopic (exact) mass is 545 g/mol. The highest BCUT2D eigenvalue weighted by atomic mass is 35.5. The molecule has 3 aromatic rings. The molecule has 7 nitrogen and oxygen atoms in total. The van der Waals surface area contributed by atoms with E-state index < -0.39 is 34.3 Å². The topological polar surface area (TPSA) is 86.8 Å². The molecule has 0 aliphatic carbocycles. The molecule has 0 radical (unpaired) electrons. The lowest BCUT2D eigenvalue weighted by Gasteiger charge is -2.33. The van der Waals surface area contributed by atoms with Gasteiger partial charge in [-0.2, -0.15) is 0 Å². The van der Waals surface area contributed by atoms with Gasteiger partial charge >= 0.3 is 0 Å². The first-order valence-electron chi connectivity index (χ1n) is 11.8. The van der Waals surface area contributed by atoms with Crippen LogP contribution in [0.2, 0.25) is 5.02 Å². The van der Waals surface area contributed by atoms with Gasteiger partial charge in [0.25, 0.3) is 10.0 Å². The molecule has 0 saturated carbocycles. The molecule has 10 heteroatoms. The number of rotatable bonds is 11. The smallest absolute Gasteiger partial charge is 0.264 e. The van der Waals surface area contributed by atoms with Gasteiger partial charge in [0, 0.05) is 18.1 Å². The summed E-state index contributed by atoms with van der Waals surface area (Å²) in [5.74, 6) is -1.39. The Kier molecular flexibility index (Phi) is 9.66. The van der Waals surface area contributed by atoms with E-state index in [1.165, 1.54) is 47.4 Å². The standard InChI is InChI=1S/C27H29ClFN3O4S/c1-3-25(27(34)30-4-2)31(18-20-13-15-22(29)16-14-20)26(33)19-32(23-10-8-9-21(28)17-23)37(35,36)24-11-6-5-7-12-24/h5-17,25H,3-4,18-19H2,1-2H3,(H,30,34). The van der Waals surface area contributed by atoms with Crippen molar-refractivity contribution in [3.8, 4) is 0 Å². The van der Waals surface area contributed by atoms with Crippen LogP contribution >= 0.6 is 11.6 Å². The molecule has 0 saturated heterocycles. The molecule has 1 atom stereocenters. The quantitative estimate of drug-likeness (QED) is 0.381. The molecule has 3 rings (SSSR count). The Morgan fingerprint density at radius 2 is 1.65 bits per heavy atom.